The Kier molecular flexibility index (Phi) is 2.54. The van der Waals surface area contributed by atoms with Crippen molar-refractivity contribution in [3.05, 3.63) is 58.7 Å². The zero-order chi connectivity index (χ0) is 11.8. The van der Waals surface area contributed by atoms with Crippen LogP contribution >= 0.6 is 23.2 Å². The summed E-state index contributed by atoms with van der Waals surface area (Å²) in [5.74, 6) is 0. The summed E-state index contributed by atoms with van der Waals surface area (Å²) in [7, 11) is 0. The van der Waals surface area contributed by atoms with Crippen molar-refractivity contribution >= 4 is 34.1 Å². The maximum absolute atomic E-state index is 5.99. The Hall–Kier alpha value is -1.51. The zero-order valence-electron chi connectivity index (χ0n) is 8.77. The van der Waals surface area contributed by atoms with E-state index < -0.39 is 0 Å². The van der Waals surface area contributed by atoms with E-state index in [0.29, 0.717) is 10.0 Å². The Bertz CT molecular complexity index is 656. The molecule has 2 nitrogen and oxygen atoms in total. The molecular weight excluding hydrogens is 255 g/mol. The highest BCUT2D eigenvalue weighted by Gasteiger charge is 2.04. The monoisotopic (exact) mass is 262 g/mol. The summed E-state index contributed by atoms with van der Waals surface area (Å²) in [6, 6.07) is 13.4. The number of aromatic nitrogens is 2. The van der Waals surface area contributed by atoms with E-state index in [0.717, 1.165) is 16.6 Å². The molecular formula is C13H8Cl2N2. The Balaban J connectivity index is 2.17. The van der Waals surface area contributed by atoms with Gasteiger partial charge in [-0.3, -0.25) is 0 Å². The topological polar surface area (TPSA) is 17.8 Å². The standard InChI is InChI=1S/C13H8Cl2N2/c14-11-6-5-10(7-12(11)15)17-8-9-3-1-2-4-13(9)16-17/h1-8H. The molecule has 3 rings (SSSR count). The highest BCUT2D eigenvalue weighted by Crippen LogP contribution is 2.25. The average Bonchev–Trinajstić information content (AvgIpc) is 2.76. The van der Waals surface area contributed by atoms with Gasteiger partial charge in [0.2, 0.25) is 0 Å². The molecule has 0 bridgehead atoms. The summed E-state index contributed by atoms with van der Waals surface area (Å²) in [6.07, 6.45) is 1.97. The number of nitrogens with zero attached hydrogens (tertiary/aromatic N) is 2. The number of benzene rings is 2. The van der Waals surface area contributed by atoms with Crippen LogP contribution in [0.2, 0.25) is 10.0 Å². The van der Waals surface area contributed by atoms with Gasteiger partial charge in [-0.15, -0.1) is 0 Å². The van der Waals surface area contributed by atoms with Crippen molar-refractivity contribution in [2.75, 3.05) is 0 Å². The van der Waals surface area contributed by atoms with E-state index in [1.807, 2.05) is 36.5 Å². The molecule has 1 heterocycles. The van der Waals surface area contributed by atoms with E-state index in [4.69, 9.17) is 23.2 Å². The summed E-state index contributed by atoms with van der Waals surface area (Å²) in [5, 5.41) is 6.64. The van der Waals surface area contributed by atoms with Crippen LogP contribution in [0.1, 0.15) is 0 Å². The first-order valence-electron chi connectivity index (χ1n) is 5.14. The first-order valence-corrected chi connectivity index (χ1v) is 5.89. The van der Waals surface area contributed by atoms with Gasteiger partial charge in [-0.2, -0.15) is 5.10 Å². The van der Waals surface area contributed by atoms with Gasteiger partial charge < -0.3 is 0 Å². The molecule has 0 saturated carbocycles. The van der Waals surface area contributed by atoms with Gasteiger partial charge >= 0.3 is 0 Å². The Morgan fingerprint density at radius 1 is 0.941 bits per heavy atom. The number of rotatable bonds is 1. The second kappa shape index (κ2) is 4.06. The highest BCUT2D eigenvalue weighted by molar-refractivity contribution is 6.42. The van der Waals surface area contributed by atoms with E-state index in [9.17, 15) is 0 Å². The predicted octanol–water partition coefficient (Wildman–Crippen LogP) is 4.33. The van der Waals surface area contributed by atoms with E-state index >= 15 is 0 Å². The Morgan fingerprint density at radius 3 is 2.53 bits per heavy atom. The summed E-state index contributed by atoms with van der Waals surface area (Å²) >= 11 is 11.9. The molecule has 0 aliphatic heterocycles. The van der Waals surface area contributed by atoms with Crippen molar-refractivity contribution in [3.8, 4) is 5.69 Å². The van der Waals surface area contributed by atoms with Crippen molar-refractivity contribution in [2.24, 2.45) is 0 Å². The lowest BCUT2D eigenvalue weighted by atomic mass is 10.3. The molecule has 2 aromatic carbocycles. The van der Waals surface area contributed by atoms with Gasteiger partial charge in [-0.05, 0) is 24.3 Å². The molecule has 0 spiro atoms. The Labute approximate surface area is 108 Å². The van der Waals surface area contributed by atoms with Crippen molar-refractivity contribution in [1.29, 1.82) is 0 Å². The van der Waals surface area contributed by atoms with E-state index in [1.54, 1.807) is 16.8 Å². The Morgan fingerprint density at radius 2 is 1.76 bits per heavy atom. The quantitative estimate of drug-likeness (QED) is 0.638. The van der Waals surface area contributed by atoms with E-state index in [1.165, 1.54) is 0 Å². The normalized spacial score (nSPS) is 10.9. The fraction of sp³-hybridized carbons (Fsp3) is 0. The van der Waals surface area contributed by atoms with Crippen LogP contribution in [-0.4, -0.2) is 9.78 Å². The van der Waals surface area contributed by atoms with Gasteiger partial charge in [0.15, 0.2) is 0 Å². The zero-order valence-corrected chi connectivity index (χ0v) is 10.3. The van der Waals surface area contributed by atoms with Gasteiger partial charge in [0.25, 0.3) is 0 Å². The van der Waals surface area contributed by atoms with Crippen molar-refractivity contribution in [2.45, 2.75) is 0 Å². The summed E-state index contributed by atoms with van der Waals surface area (Å²) in [4.78, 5) is 0. The van der Waals surface area contributed by atoms with Crippen LogP contribution in [0.25, 0.3) is 16.6 Å². The largest absolute Gasteiger partial charge is 0.240 e. The average molecular weight is 263 g/mol. The number of hydrogen-bond acceptors (Lipinski definition) is 1. The summed E-state index contributed by atoms with van der Waals surface area (Å²) < 4.78 is 1.80. The van der Waals surface area contributed by atoms with Crippen LogP contribution in [0, 0.1) is 0 Å². The van der Waals surface area contributed by atoms with Crippen LogP contribution < -0.4 is 0 Å². The summed E-state index contributed by atoms with van der Waals surface area (Å²) in [6.45, 7) is 0. The maximum Gasteiger partial charge on any atom is 0.0927 e. The van der Waals surface area contributed by atoms with Gasteiger partial charge in [0.05, 0.1) is 21.2 Å². The van der Waals surface area contributed by atoms with Gasteiger partial charge in [0.1, 0.15) is 0 Å². The molecule has 0 radical (unpaired) electrons. The lowest BCUT2D eigenvalue weighted by Gasteiger charge is -2.02. The second-order valence-corrected chi connectivity index (χ2v) is 4.55. The predicted molar refractivity (Wildman–Crippen MR) is 71.1 cm³/mol. The lowest BCUT2D eigenvalue weighted by molar-refractivity contribution is 0.896. The number of halogens is 2. The third-order valence-electron chi connectivity index (χ3n) is 2.58. The number of fused-ring (bicyclic) bond motifs is 1. The molecule has 0 atom stereocenters. The fourth-order valence-corrected chi connectivity index (χ4v) is 2.02. The molecule has 0 aliphatic rings. The minimum Gasteiger partial charge on any atom is -0.240 e. The maximum atomic E-state index is 5.99. The van der Waals surface area contributed by atoms with Gasteiger partial charge in [-0.25, -0.2) is 4.68 Å². The lowest BCUT2D eigenvalue weighted by Crippen LogP contribution is -1.93. The van der Waals surface area contributed by atoms with Crippen LogP contribution in [0.3, 0.4) is 0 Å². The van der Waals surface area contributed by atoms with Crippen LogP contribution in [0.4, 0.5) is 0 Å². The highest BCUT2D eigenvalue weighted by atomic mass is 35.5. The molecule has 0 aliphatic carbocycles. The van der Waals surface area contributed by atoms with Crippen molar-refractivity contribution < 1.29 is 0 Å². The molecule has 3 aromatic rings. The minimum atomic E-state index is 0.531. The van der Waals surface area contributed by atoms with Crippen molar-refractivity contribution in [3.63, 3.8) is 0 Å². The van der Waals surface area contributed by atoms with Crippen molar-refractivity contribution in [1.82, 2.24) is 9.78 Å². The van der Waals surface area contributed by atoms with E-state index in [2.05, 4.69) is 5.10 Å². The molecule has 17 heavy (non-hydrogen) atoms. The minimum absolute atomic E-state index is 0.531. The SMILES string of the molecule is Clc1ccc(-n2cc3ccccc3n2)cc1Cl. The molecule has 0 amide bonds. The molecule has 0 N–H and O–H groups in total. The number of hydrogen-bond donors (Lipinski definition) is 0. The molecule has 1 aromatic heterocycles. The fourth-order valence-electron chi connectivity index (χ4n) is 1.72. The first kappa shape index (κ1) is 10.6. The van der Waals surface area contributed by atoms with Crippen LogP contribution in [0.15, 0.2) is 48.7 Å². The first-order chi connectivity index (χ1) is 8.24. The smallest absolute Gasteiger partial charge is 0.0927 e. The second-order valence-electron chi connectivity index (χ2n) is 3.73. The summed E-state index contributed by atoms with van der Waals surface area (Å²) in [5.41, 5.74) is 1.86. The third kappa shape index (κ3) is 1.90. The third-order valence-corrected chi connectivity index (χ3v) is 3.32. The molecule has 0 fully saturated rings. The molecule has 0 unspecified atom stereocenters. The van der Waals surface area contributed by atoms with Gasteiger partial charge in [0, 0.05) is 11.6 Å². The van der Waals surface area contributed by atoms with Gasteiger partial charge in [-0.1, -0.05) is 41.4 Å². The molecule has 0 saturated heterocycles. The van der Waals surface area contributed by atoms with E-state index in [-0.39, 0.29) is 0 Å². The molecule has 4 heteroatoms. The van der Waals surface area contributed by atoms with Crippen LogP contribution in [-0.2, 0) is 0 Å². The van der Waals surface area contributed by atoms with Crippen LogP contribution in [0.5, 0.6) is 0 Å². The molecule has 84 valence electrons.